The Labute approximate surface area is 173 Å². The summed E-state index contributed by atoms with van der Waals surface area (Å²) in [6.07, 6.45) is 0. The Morgan fingerprint density at radius 3 is 2.33 bits per heavy atom. The van der Waals surface area contributed by atoms with Gasteiger partial charge in [0, 0.05) is 12.2 Å². The maximum atomic E-state index is 12.6. The molecule has 1 atom stereocenters. The van der Waals surface area contributed by atoms with Crippen LogP contribution in [0.15, 0.2) is 48.5 Å². The maximum Gasteiger partial charge on any atom is 0.387 e. The number of carbonyl (C=O) groups is 2. The highest BCUT2D eigenvalue weighted by molar-refractivity contribution is 5.93. The third-order valence-corrected chi connectivity index (χ3v) is 4.18. The quantitative estimate of drug-likeness (QED) is 0.575. The van der Waals surface area contributed by atoms with Crippen molar-refractivity contribution in [2.75, 3.05) is 12.4 Å². The van der Waals surface area contributed by atoms with Crippen molar-refractivity contribution in [1.82, 2.24) is 10.6 Å². The minimum absolute atomic E-state index is 0.0955. The first kappa shape index (κ1) is 22.9. The number of halogens is 2. The number of rotatable bonds is 9. The summed E-state index contributed by atoms with van der Waals surface area (Å²) in [5, 5.41) is 8.07. The monoisotopic (exact) mass is 421 g/mol. The fourth-order valence-corrected chi connectivity index (χ4v) is 2.68. The zero-order chi connectivity index (χ0) is 22.1. The van der Waals surface area contributed by atoms with E-state index >= 15 is 0 Å². The van der Waals surface area contributed by atoms with Gasteiger partial charge in [0.25, 0.3) is 0 Å². The number of hydrogen-bond acceptors (Lipinski definition) is 4. The summed E-state index contributed by atoms with van der Waals surface area (Å²) in [7, 11) is 1.33. The Kier molecular flexibility index (Phi) is 8.40. The van der Waals surface area contributed by atoms with Crippen LogP contribution >= 0.6 is 0 Å². The lowest BCUT2D eigenvalue weighted by molar-refractivity contribution is -0.124. The van der Waals surface area contributed by atoms with E-state index in [0.717, 1.165) is 0 Å². The second-order valence-corrected chi connectivity index (χ2v) is 6.77. The molecule has 2 rings (SSSR count). The van der Waals surface area contributed by atoms with E-state index in [9.17, 15) is 18.4 Å². The predicted molar refractivity (Wildman–Crippen MR) is 109 cm³/mol. The van der Waals surface area contributed by atoms with Crippen molar-refractivity contribution < 1.29 is 27.8 Å². The van der Waals surface area contributed by atoms with Gasteiger partial charge in [0.1, 0.15) is 6.04 Å². The van der Waals surface area contributed by atoms with Crippen LogP contribution in [0.4, 0.5) is 19.3 Å². The zero-order valence-corrected chi connectivity index (χ0v) is 16.9. The Balaban J connectivity index is 1.97. The summed E-state index contributed by atoms with van der Waals surface area (Å²) < 4.78 is 34.3. The average Bonchev–Trinajstić information content (AvgIpc) is 2.71. The minimum Gasteiger partial charge on any atom is -0.493 e. The molecule has 30 heavy (non-hydrogen) atoms. The second-order valence-electron chi connectivity index (χ2n) is 6.77. The number of nitrogens with one attached hydrogen (secondary N) is 3. The van der Waals surface area contributed by atoms with Crippen LogP contribution in [0.2, 0.25) is 0 Å². The van der Waals surface area contributed by atoms with Crippen molar-refractivity contribution in [1.29, 1.82) is 0 Å². The van der Waals surface area contributed by atoms with Crippen molar-refractivity contribution in [2.45, 2.75) is 33.0 Å². The summed E-state index contributed by atoms with van der Waals surface area (Å²) in [5.74, 6) is -0.507. The molecule has 0 saturated heterocycles. The molecule has 0 aromatic heterocycles. The molecule has 9 heteroatoms. The number of ether oxygens (including phenoxy) is 2. The summed E-state index contributed by atoms with van der Waals surface area (Å²) in [6.45, 7) is 0.776. The van der Waals surface area contributed by atoms with E-state index in [0.29, 0.717) is 11.3 Å². The molecule has 0 heterocycles. The van der Waals surface area contributed by atoms with Gasteiger partial charge in [-0.2, -0.15) is 8.78 Å². The van der Waals surface area contributed by atoms with E-state index in [1.807, 2.05) is 19.9 Å². The molecule has 0 radical (unpaired) electrons. The molecule has 162 valence electrons. The first-order chi connectivity index (χ1) is 14.3. The van der Waals surface area contributed by atoms with Gasteiger partial charge in [-0.25, -0.2) is 4.79 Å². The number of methoxy groups -OCH3 is 1. The standard InChI is InChI=1S/C21H25F2N3O4/c1-13(2)18(26-21(28)25-15-7-5-4-6-8-15)19(27)24-12-14-9-10-16(30-20(22)23)17(11-14)29-3/h4-11,13,18,20H,12H2,1-3H3,(H,24,27)(H2,25,26,28)/t18-/m0/s1. The third-order valence-electron chi connectivity index (χ3n) is 4.18. The molecular formula is C21H25F2N3O4. The minimum atomic E-state index is -2.97. The van der Waals surface area contributed by atoms with Crippen LogP contribution in [0.1, 0.15) is 19.4 Å². The van der Waals surface area contributed by atoms with Gasteiger partial charge in [-0.1, -0.05) is 38.1 Å². The molecule has 3 N–H and O–H groups in total. The number of anilines is 1. The number of carbonyl (C=O) groups excluding carboxylic acids is 2. The van der Waals surface area contributed by atoms with Gasteiger partial charge in [-0.05, 0) is 35.7 Å². The normalized spacial score (nSPS) is 11.7. The highest BCUT2D eigenvalue weighted by atomic mass is 19.3. The molecule has 0 saturated carbocycles. The van der Waals surface area contributed by atoms with Gasteiger partial charge in [0.15, 0.2) is 11.5 Å². The van der Waals surface area contributed by atoms with E-state index in [1.165, 1.54) is 19.2 Å². The zero-order valence-electron chi connectivity index (χ0n) is 16.9. The molecule has 0 spiro atoms. The Bertz CT molecular complexity index is 847. The SMILES string of the molecule is COc1cc(CNC(=O)[C@@H](NC(=O)Nc2ccccc2)C(C)C)ccc1OC(F)F. The number of urea groups is 1. The summed E-state index contributed by atoms with van der Waals surface area (Å²) >= 11 is 0. The van der Waals surface area contributed by atoms with E-state index in [2.05, 4.69) is 20.7 Å². The van der Waals surface area contributed by atoms with E-state index in [-0.39, 0.29) is 29.9 Å². The Hall–Kier alpha value is -3.36. The number of alkyl halides is 2. The van der Waals surface area contributed by atoms with Crippen molar-refractivity contribution in [2.24, 2.45) is 5.92 Å². The first-order valence-electron chi connectivity index (χ1n) is 9.32. The summed E-state index contributed by atoms with van der Waals surface area (Å²) in [5.41, 5.74) is 1.23. The Morgan fingerprint density at radius 1 is 1.03 bits per heavy atom. The number of benzene rings is 2. The van der Waals surface area contributed by atoms with E-state index in [4.69, 9.17) is 4.74 Å². The van der Waals surface area contributed by atoms with Crippen LogP contribution in [0.5, 0.6) is 11.5 Å². The smallest absolute Gasteiger partial charge is 0.387 e. The van der Waals surface area contributed by atoms with Crippen LogP contribution in [0.3, 0.4) is 0 Å². The molecule has 0 bridgehead atoms. The number of hydrogen-bond donors (Lipinski definition) is 3. The Morgan fingerprint density at radius 2 is 1.73 bits per heavy atom. The molecule has 0 fully saturated rings. The summed E-state index contributed by atoms with van der Waals surface area (Å²) in [4.78, 5) is 24.8. The fraction of sp³-hybridized carbons (Fsp3) is 0.333. The van der Waals surface area contributed by atoms with Gasteiger partial charge in [-0.15, -0.1) is 0 Å². The molecule has 0 aliphatic carbocycles. The van der Waals surface area contributed by atoms with Gasteiger partial charge in [-0.3, -0.25) is 4.79 Å². The van der Waals surface area contributed by atoms with Gasteiger partial charge in [0.2, 0.25) is 5.91 Å². The topological polar surface area (TPSA) is 88.7 Å². The summed E-state index contributed by atoms with van der Waals surface area (Å²) in [6, 6.07) is 12.0. The predicted octanol–water partition coefficient (Wildman–Crippen LogP) is 3.76. The van der Waals surface area contributed by atoms with Crippen molar-refractivity contribution >= 4 is 17.6 Å². The van der Waals surface area contributed by atoms with Gasteiger partial charge < -0.3 is 25.4 Å². The van der Waals surface area contributed by atoms with Gasteiger partial charge in [0.05, 0.1) is 7.11 Å². The third kappa shape index (κ3) is 6.91. The van der Waals surface area contributed by atoms with Crippen molar-refractivity contribution in [3.63, 3.8) is 0 Å². The fourth-order valence-electron chi connectivity index (χ4n) is 2.68. The molecule has 2 aromatic carbocycles. The number of para-hydroxylation sites is 1. The highest BCUT2D eigenvalue weighted by Crippen LogP contribution is 2.29. The lowest BCUT2D eigenvalue weighted by atomic mass is 10.0. The molecule has 3 amide bonds. The van der Waals surface area contributed by atoms with Crippen LogP contribution in [-0.2, 0) is 11.3 Å². The first-order valence-corrected chi connectivity index (χ1v) is 9.32. The molecule has 7 nitrogen and oxygen atoms in total. The van der Waals surface area contributed by atoms with Crippen LogP contribution in [0.25, 0.3) is 0 Å². The van der Waals surface area contributed by atoms with Crippen LogP contribution in [-0.4, -0.2) is 31.7 Å². The molecule has 2 aromatic rings. The van der Waals surface area contributed by atoms with E-state index in [1.54, 1.807) is 30.3 Å². The molecule has 0 aliphatic heterocycles. The highest BCUT2D eigenvalue weighted by Gasteiger charge is 2.24. The molecular weight excluding hydrogens is 396 g/mol. The lowest BCUT2D eigenvalue weighted by Crippen LogP contribution is -2.50. The maximum absolute atomic E-state index is 12.6. The van der Waals surface area contributed by atoms with Crippen molar-refractivity contribution in [3.8, 4) is 11.5 Å². The van der Waals surface area contributed by atoms with E-state index < -0.39 is 18.7 Å². The largest absolute Gasteiger partial charge is 0.493 e. The average molecular weight is 421 g/mol. The molecule has 0 unspecified atom stereocenters. The van der Waals surface area contributed by atoms with Crippen LogP contribution in [0, 0.1) is 5.92 Å². The van der Waals surface area contributed by atoms with Gasteiger partial charge >= 0.3 is 12.6 Å². The lowest BCUT2D eigenvalue weighted by Gasteiger charge is -2.22. The second kappa shape index (κ2) is 11.0. The molecule has 0 aliphatic rings. The van der Waals surface area contributed by atoms with Crippen LogP contribution < -0.4 is 25.4 Å². The van der Waals surface area contributed by atoms with Crippen molar-refractivity contribution in [3.05, 3.63) is 54.1 Å². The number of amides is 3.